The van der Waals surface area contributed by atoms with E-state index in [1.54, 1.807) is 12.1 Å². The molecule has 1 saturated heterocycles. The molecule has 0 bridgehead atoms. The average molecular weight is 307 g/mol. The molecular weight excluding hydrogens is 288 g/mol. The van der Waals surface area contributed by atoms with Gasteiger partial charge in [0, 0.05) is 29.0 Å². The summed E-state index contributed by atoms with van der Waals surface area (Å²) in [6.07, 6.45) is 1.93. The Morgan fingerprint density at radius 3 is 3.10 bits per heavy atom. The number of carbonyl (C=O) groups is 1. The number of likely N-dealkylation sites (tertiary alicyclic amines) is 1. The summed E-state index contributed by atoms with van der Waals surface area (Å²) < 4.78 is 0. The number of aromatic amines is 1. The Kier molecular flexibility index (Phi) is 3.87. The predicted octanol–water partition coefficient (Wildman–Crippen LogP) is 2.43. The van der Waals surface area contributed by atoms with Crippen LogP contribution in [-0.2, 0) is 0 Å². The Morgan fingerprint density at radius 2 is 2.33 bits per heavy atom. The molecule has 2 atom stereocenters. The van der Waals surface area contributed by atoms with E-state index in [9.17, 15) is 4.79 Å². The molecule has 2 aromatic rings. The Morgan fingerprint density at radius 1 is 1.52 bits per heavy atom. The third kappa shape index (κ3) is 2.89. The van der Waals surface area contributed by atoms with Gasteiger partial charge in [-0.3, -0.25) is 9.89 Å². The van der Waals surface area contributed by atoms with Crippen LogP contribution in [0.1, 0.15) is 30.3 Å². The van der Waals surface area contributed by atoms with Crippen LogP contribution in [0.5, 0.6) is 0 Å². The number of amides is 1. The van der Waals surface area contributed by atoms with Gasteiger partial charge < -0.3 is 10.2 Å². The number of nitrogens with zero attached hydrogens (tertiary/aromatic N) is 2. The number of H-pyrrole nitrogens is 1. The molecule has 2 unspecified atom stereocenters. The highest BCUT2D eigenvalue weighted by Crippen LogP contribution is 2.21. The van der Waals surface area contributed by atoms with Crippen molar-refractivity contribution in [3.8, 4) is 0 Å². The molecule has 21 heavy (non-hydrogen) atoms. The maximum absolute atomic E-state index is 12.4. The second kappa shape index (κ2) is 5.66. The molecule has 112 valence electrons. The molecule has 1 aliphatic rings. The summed E-state index contributed by atoms with van der Waals surface area (Å²) in [6.45, 7) is 3.18. The number of piperidine rings is 1. The second-order valence-corrected chi connectivity index (χ2v) is 6.22. The topological polar surface area (TPSA) is 61.0 Å². The number of hydrogen-bond donors (Lipinski definition) is 2. The minimum Gasteiger partial charge on any atom is -0.348 e. The molecule has 1 amide bonds. The van der Waals surface area contributed by atoms with Crippen LogP contribution in [0.3, 0.4) is 0 Å². The lowest BCUT2D eigenvalue weighted by atomic mass is 9.99. The lowest BCUT2D eigenvalue weighted by Gasteiger charge is -2.35. The molecule has 1 aliphatic heterocycles. The van der Waals surface area contributed by atoms with Gasteiger partial charge in [-0.25, -0.2) is 0 Å². The Balaban J connectivity index is 1.77. The molecule has 0 spiro atoms. The van der Waals surface area contributed by atoms with Gasteiger partial charge in [-0.05, 0) is 45.0 Å². The number of carbonyl (C=O) groups excluding carboxylic acids is 1. The lowest BCUT2D eigenvalue weighted by Crippen LogP contribution is -2.47. The Bertz CT molecular complexity index is 669. The van der Waals surface area contributed by atoms with Crippen molar-refractivity contribution in [1.29, 1.82) is 0 Å². The van der Waals surface area contributed by atoms with E-state index >= 15 is 0 Å². The largest absolute Gasteiger partial charge is 0.348 e. The van der Waals surface area contributed by atoms with E-state index in [1.807, 2.05) is 6.07 Å². The highest BCUT2D eigenvalue weighted by atomic mass is 35.5. The van der Waals surface area contributed by atoms with E-state index in [0.29, 0.717) is 16.8 Å². The smallest absolute Gasteiger partial charge is 0.272 e. The van der Waals surface area contributed by atoms with Gasteiger partial charge in [0.1, 0.15) is 0 Å². The van der Waals surface area contributed by atoms with Crippen LogP contribution in [0.2, 0.25) is 5.02 Å². The molecule has 1 aromatic heterocycles. The van der Waals surface area contributed by atoms with Crippen molar-refractivity contribution in [2.24, 2.45) is 0 Å². The van der Waals surface area contributed by atoms with Gasteiger partial charge in [0.05, 0.1) is 5.52 Å². The van der Waals surface area contributed by atoms with Crippen LogP contribution in [0.25, 0.3) is 10.9 Å². The van der Waals surface area contributed by atoms with Crippen molar-refractivity contribution in [1.82, 2.24) is 20.4 Å². The number of rotatable bonds is 2. The maximum atomic E-state index is 12.4. The molecule has 5 nitrogen and oxygen atoms in total. The van der Waals surface area contributed by atoms with Crippen LogP contribution in [0.4, 0.5) is 0 Å². The summed E-state index contributed by atoms with van der Waals surface area (Å²) in [7, 11) is 2.12. The quantitative estimate of drug-likeness (QED) is 0.896. The Hall–Kier alpha value is -1.59. The first-order valence-corrected chi connectivity index (χ1v) is 7.57. The molecule has 1 fully saturated rings. The molecule has 0 saturated carbocycles. The SMILES string of the molecule is CC1CC(NC(=O)c2n[nH]c3ccc(Cl)cc23)CCN1C. The molecule has 6 heteroatoms. The van der Waals surface area contributed by atoms with Crippen molar-refractivity contribution in [2.75, 3.05) is 13.6 Å². The van der Waals surface area contributed by atoms with Gasteiger partial charge in [0.15, 0.2) is 5.69 Å². The molecule has 1 aromatic carbocycles. The second-order valence-electron chi connectivity index (χ2n) is 5.79. The van der Waals surface area contributed by atoms with Crippen LogP contribution in [0.15, 0.2) is 18.2 Å². The molecule has 3 rings (SSSR count). The number of halogens is 1. The van der Waals surface area contributed by atoms with Gasteiger partial charge in [-0.15, -0.1) is 0 Å². The van der Waals surface area contributed by atoms with E-state index in [0.717, 1.165) is 30.3 Å². The number of hydrogen-bond acceptors (Lipinski definition) is 3. The number of fused-ring (bicyclic) bond motifs is 1. The highest BCUT2D eigenvalue weighted by Gasteiger charge is 2.25. The van der Waals surface area contributed by atoms with Crippen molar-refractivity contribution in [3.05, 3.63) is 28.9 Å². The van der Waals surface area contributed by atoms with Crippen LogP contribution >= 0.6 is 11.6 Å². The van der Waals surface area contributed by atoms with Gasteiger partial charge in [-0.2, -0.15) is 5.10 Å². The minimum absolute atomic E-state index is 0.134. The predicted molar refractivity (Wildman–Crippen MR) is 83.7 cm³/mol. The van der Waals surface area contributed by atoms with E-state index in [2.05, 4.69) is 34.4 Å². The van der Waals surface area contributed by atoms with Gasteiger partial charge in [0.25, 0.3) is 5.91 Å². The van der Waals surface area contributed by atoms with E-state index in [-0.39, 0.29) is 11.9 Å². The molecule has 2 heterocycles. The average Bonchev–Trinajstić information content (AvgIpc) is 2.86. The fraction of sp³-hybridized carbons (Fsp3) is 0.467. The standard InChI is InChI=1S/C15H19ClN4O/c1-9-7-11(5-6-20(9)2)17-15(21)14-12-8-10(16)3-4-13(12)18-19-14/h3-4,8-9,11H,5-7H2,1-2H3,(H,17,21)(H,18,19). The first-order chi connectivity index (χ1) is 10.0. The first kappa shape index (κ1) is 14.4. The summed E-state index contributed by atoms with van der Waals surface area (Å²) in [5.74, 6) is -0.134. The normalized spacial score (nSPS) is 23.4. The summed E-state index contributed by atoms with van der Waals surface area (Å²) in [6, 6.07) is 6.07. The zero-order valence-electron chi connectivity index (χ0n) is 12.2. The summed E-state index contributed by atoms with van der Waals surface area (Å²) in [5, 5.41) is 11.5. The van der Waals surface area contributed by atoms with Gasteiger partial charge in [-0.1, -0.05) is 11.6 Å². The lowest BCUT2D eigenvalue weighted by molar-refractivity contribution is 0.0893. The third-order valence-corrected chi connectivity index (χ3v) is 4.52. The number of aromatic nitrogens is 2. The minimum atomic E-state index is -0.134. The van der Waals surface area contributed by atoms with Crippen molar-refractivity contribution < 1.29 is 4.79 Å². The first-order valence-electron chi connectivity index (χ1n) is 7.19. The van der Waals surface area contributed by atoms with E-state index in [1.165, 1.54) is 0 Å². The number of nitrogens with one attached hydrogen (secondary N) is 2. The summed E-state index contributed by atoms with van der Waals surface area (Å²) >= 11 is 6.00. The molecular formula is C15H19ClN4O. The molecule has 2 N–H and O–H groups in total. The van der Waals surface area contributed by atoms with Gasteiger partial charge in [0.2, 0.25) is 0 Å². The van der Waals surface area contributed by atoms with E-state index < -0.39 is 0 Å². The van der Waals surface area contributed by atoms with Gasteiger partial charge >= 0.3 is 0 Å². The van der Waals surface area contributed by atoms with Crippen molar-refractivity contribution in [2.45, 2.75) is 31.8 Å². The van der Waals surface area contributed by atoms with E-state index in [4.69, 9.17) is 11.6 Å². The summed E-state index contributed by atoms with van der Waals surface area (Å²) in [5.41, 5.74) is 1.24. The summed E-state index contributed by atoms with van der Waals surface area (Å²) in [4.78, 5) is 14.7. The monoisotopic (exact) mass is 306 g/mol. The fourth-order valence-corrected chi connectivity index (χ4v) is 3.01. The molecule has 0 aliphatic carbocycles. The van der Waals surface area contributed by atoms with Crippen molar-refractivity contribution >= 4 is 28.4 Å². The maximum Gasteiger partial charge on any atom is 0.272 e. The number of benzene rings is 1. The van der Waals surface area contributed by atoms with Crippen molar-refractivity contribution in [3.63, 3.8) is 0 Å². The zero-order chi connectivity index (χ0) is 15.0. The highest BCUT2D eigenvalue weighted by molar-refractivity contribution is 6.31. The van der Waals surface area contributed by atoms with Crippen LogP contribution in [0, 0.1) is 0 Å². The zero-order valence-corrected chi connectivity index (χ0v) is 12.9. The third-order valence-electron chi connectivity index (χ3n) is 4.28. The van der Waals surface area contributed by atoms with Crippen LogP contribution < -0.4 is 5.32 Å². The van der Waals surface area contributed by atoms with Crippen LogP contribution in [-0.4, -0.2) is 46.7 Å². The fourth-order valence-electron chi connectivity index (χ4n) is 2.83. The Labute approximate surface area is 128 Å². The molecule has 0 radical (unpaired) electrons.